The SMILES string of the molecule is C=CCn1c(CSCc2ccc(Cl)cc2)nnc1SCC(=O)Nc1ccc(Br)cc1. The molecular formula is C21H20BrClN4OS2. The van der Waals surface area contributed by atoms with Crippen LogP contribution in [0.3, 0.4) is 0 Å². The minimum atomic E-state index is -0.0888. The Hall–Kier alpha value is -1.74. The van der Waals surface area contributed by atoms with Crippen molar-refractivity contribution in [3.8, 4) is 0 Å². The van der Waals surface area contributed by atoms with E-state index in [9.17, 15) is 4.79 Å². The quantitative estimate of drug-likeness (QED) is 0.259. The van der Waals surface area contributed by atoms with E-state index in [2.05, 4.69) is 38.0 Å². The van der Waals surface area contributed by atoms with Gasteiger partial charge in [0.1, 0.15) is 5.82 Å². The minimum absolute atomic E-state index is 0.0888. The maximum absolute atomic E-state index is 12.3. The number of hydrogen-bond acceptors (Lipinski definition) is 5. The van der Waals surface area contributed by atoms with Gasteiger partial charge in [0.05, 0.1) is 11.5 Å². The highest BCUT2D eigenvalue weighted by atomic mass is 79.9. The van der Waals surface area contributed by atoms with Gasteiger partial charge in [0, 0.05) is 27.5 Å². The number of rotatable bonds is 10. The average molecular weight is 524 g/mol. The Balaban J connectivity index is 1.55. The van der Waals surface area contributed by atoms with Crippen molar-refractivity contribution in [2.24, 2.45) is 0 Å². The summed E-state index contributed by atoms with van der Waals surface area (Å²) in [4.78, 5) is 12.3. The van der Waals surface area contributed by atoms with Gasteiger partial charge in [-0.05, 0) is 42.0 Å². The summed E-state index contributed by atoms with van der Waals surface area (Å²) in [7, 11) is 0. The Morgan fingerprint density at radius 2 is 1.87 bits per heavy atom. The number of aromatic nitrogens is 3. The molecule has 0 spiro atoms. The van der Waals surface area contributed by atoms with Gasteiger partial charge in [-0.2, -0.15) is 0 Å². The lowest BCUT2D eigenvalue weighted by Gasteiger charge is -2.08. The van der Waals surface area contributed by atoms with Crippen molar-refractivity contribution >= 4 is 62.6 Å². The van der Waals surface area contributed by atoms with Gasteiger partial charge in [-0.3, -0.25) is 4.79 Å². The smallest absolute Gasteiger partial charge is 0.234 e. The number of amides is 1. The lowest BCUT2D eigenvalue weighted by Crippen LogP contribution is -2.14. The van der Waals surface area contributed by atoms with Gasteiger partial charge in [-0.25, -0.2) is 0 Å². The van der Waals surface area contributed by atoms with Crippen LogP contribution in [0.2, 0.25) is 5.02 Å². The van der Waals surface area contributed by atoms with Crippen molar-refractivity contribution in [2.75, 3.05) is 11.1 Å². The Labute approximate surface area is 197 Å². The van der Waals surface area contributed by atoms with Crippen LogP contribution >= 0.6 is 51.1 Å². The fraction of sp³-hybridized carbons (Fsp3) is 0.190. The maximum Gasteiger partial charge on any atom is 0.234 e. The number of benzene rings is 2. The molecule has 1 heterocycles. The number of carbonyl (C=O) groups is 1. The Morgan fingerprint density at radius 3 is 2.57 bits per heavy atom. The van der Waals surface area contributed by atoms with Crippen LogP contribution in [0, 0.1) is 0 Å². The fourth-order valence-electron chi connectivity index (χ4n) is 2.55. The molecule has 0 atom stereocenters. The zero-order valence-corrected chi connectivity index (χ0v) is 20.0. The van der Waals surface area contributed by atoms with Gasteiger partial charge in [-0.15, -0.1) is 28.5 Å². The first-order valence-electron chi connectivity index (χ1n) is 9.08. The second kappa shape index (κ2) is 11.6. The molecule has 0 unspecified atom stereocenters. The molecule has 0 saturated carbocycles. The van der Waals surface area contributed by atoms with Gasteiger partial charge >= 0.3 is 0 Å². The number of hydrogen-bond donors (Lipinski definition) is 1. The summed E-state index contributed by atoms with van der Waals surface area (Å²) in [5, 5.41) is 12.9. The van der Waals surface area contributed by atoms with Crippen molar-refractivity contribution in [3.05, 3.63) is 82.1 Å². The zero-order chi connectivity index (χ0) is 21.3. The summed E-state index contributed by atoms with van der Waals surface area (Å²) in [5.74, 6) is 2.60. The monoisotopic (exact) mass is 522 g/mol. The molecule has 0 saturated heterocycles. The summed E-state index contributed by atoms with van der Waals surface area (Å²) in [5.41, 5.74) is 1.97. The van der Waals surface area contributed by atoms with Crippen LogP contribution in [-0.2, 0) is 22.8 Å². The molecule has 156 valence electrons. The highest BCUT2D eigenvalue weighted by molar-refractivity contribution is 9.10. The number of nitrogens with one attached hydrogen (secondary N) is 1. The molecule has 3 aromatic rings. The van der Waals surface area contributed by atoms with E-state index in [1.165, 1.54) is 17.3 Å². The molecule has 1 N–H and O–H groups in total. The third kappa shape index (κ3) is 6.91. The van der Waals surface area contributed by atoms with Gasteiger partial charge < -0.3 is 9.88 Å². The van der Waals surface area contributed by atoms with E-state index in [0.717, 1.165) is 32.5 Å². The highest BCUT2D eigenvalue weighted by Gasteiger charge is 2.14. The number of nitrogens with zero attached hydrogens (tertiary/aromatic N) is 3. The van der Waals surface area contributed by atoms with Gasteiger partial charge in [-0.1, -0.05) is 57.5 Å². The minimum Gasteiger partial charge on any atom is -0.325 e. The third-order valence-corrected chi connectivity index (χ3v) is 6.73. The van der Waals surface area contributed by atoms with Gasteiger partial charge in [0.15, 0.2) is 5.16 Å². The zero-order valence-electron chi connectivity index (χ0n) is 16.1. The second-order valence-electron chi connectivity index (χ2n) is 6.26. The van der Waals surface area contributed by atoms with Crippen molar-refractivity contribution in [2.45, 2.75) is 23.2 Å². The molecule has 0 fully saturated rings. The van der Waals surface area contributed by atoms with Gasteiger partial charge in [0.2, 0.25) is 5.91 Å². The third-order valence-electron chi connectivity index (χ3n) is 3.98. The number of anilines is 1. The Kier molecular flexibility index (Phi) is 8.87. The molecule has 2 aromatic carbocycles. The first kappa shape index (κ1) is 22.9. The molecular weight excluding hydrogens is 504 g/mol. The predicted molar refractivity (Wildman–Crippen MR) is 130 cm³/mol. The maximum atomic E-state index is 12.3. The molecule has 1 aromatic heterocycles. The average Bonchev–Trinajstić information content (AvgIpc) is 3.12. The topological polar surface area (TPSA) is 59.8 Å². The van der Waals surface area contributed by atoms with E-state index in [0.29, 0.717) is 11.7 Å². The lowest BCUT2D eigenvalue weighted by molar-refractivity contribution is -0.113. The highest BCUT2D eigenvalue weighted by Crippen LogP contribution is 2.23. The lowest BCUT2D eigenvalue weighted by atomic mass is 10.2. The van der Waals surface area contributed by atoms with Crippen LogP contribution in [0.25, 0.3) is 0 Å². The molecule has 0 radical (unpaired) electrons. The Bertz CT molecular complexity index is 993. The number of halogens is 2. The van der Waals surface area contributed by atoms with Crippen LogP contribution in [0.4, 0.5) is 5.69 Å². The van der Waals surface area contributed by atoms with Crippen molar-refractivity contribution in [1.82, 2.24) is 14.8 Å². The second-order valence-corrected chi connectivity index (χ2v) is 9.54. The number of allylic oxidation sites excluding steroid dienone is 1. The first-order valence-corrected chi connectivity index (χ1v) is 12.4. The van der Waals surface area contributed by atoms with Crippen LogP contribution < -0.4 is 5.32 Å². The molecule has 9 heteroatoms. The van der Waals surface area contributed by atoms with Crippen LogP contribution in [0.1, 0.15) is 11.4 Å². The molecule has 0 aliphatic heterocycles. The summed E-state index contributed by atoms with van der Waals surface area (Å²) < 4.78 is 2.97. The first-order chi connectivity index (χ1) is 14.5. The molecule has 0 aliphatic carbocycles. The van der Waals surface area contributed by atoms with E-state index < -0.39 is 0 Å². The van der Waals surface area contributed by atoms with E-state index in [1.807, 2.05) is 59.2 Å². The van der Waals surface area contributed by atoms with E-state index in [4.69, 9.17) is 11.6 Å². The number of thioether (sulfide) groups is 2. The van der Waals surface area contributed by atoms with Crippen molar-refractivity contribution < 1.29 is 4.79 Å². The van der Waals surface area contributed by atoms with Gasteiger partial charge in [0.25, 0.3) is 0 Å². The molecule has 0 aliphatic rings. The Morgan fingerprint density at radius 1 is 1.13 bits per heavy atom. The fourth-order valence-corrected chi connectivity index (χ4v) is 4.63. The van der Waals surface area contributed by atoms with Crippen LogP contribution in [0.15, 0.2) is 70.8 Å². The summed E-state index contributed by atoms with van der Waals surface area (Å²) in [6.07, 6.45) is 1.81. The summed E-state index contributed by atoms with van der Waals surface area (Å²) in [6, 6.07) is 15.3. The van der Waals surface area contributed by atoms with Crippen LogP contribution in [-0.4, -0.2) is 26.4 Å². The van der Waals surface area contributed by atoms with Crippen molar-refractivity contribution in [3.63, 3.8) is 0 Å². The summed E-state index contributed by atoms with van der Waals surface area (Å²) in [6.45, 7) is 4.42. The predicted octanol–water partition coefficient (Wildman–Crippen LogP) is 6.04. The normalized spacial score (nSPS) is 10.7. The molecule has 5 nitrogen and oxygen atoms in total. The van der Waals surface area contributed by atoms with E-state index in [1.54, 1.807) is 11.8 Å². The van der Waals surface area contributed by atoms with E-state index >= 15 is 0 Å². The molecule has 0 bridgehead atoms. The molecule has 30 heavy (non-hydrogen) atoms. The summed E-state index contributed by atoms with van der Waals surface area (Å²) >= 11 is 12.4. The van der Waals surface area contributed by atoms with E-state index in [-0.39, 0.29) is 11.7 Å². The standard InChI is InChI=1S/C21H20BrClN4OS2/c1-2-11-27-19(13-29-12-15-3-7-17(23)8-4-15)25-26-21(27)30-14-20(28)24-18-9-5-16(22)6-10-18/h2-10H,1,11-14H2,(H,24,28). The number of carbonyl (C=O) groups excluding carboxylic acids is 1. The largest absolute Gasteiger partial charge is 0.325 e. The molecule has 1 amide bonds. The molecule has 3 rings (SSSR count). The van der Waals surface area contributed by atoms with Crippen LogP contribution in [0.5, 0.6) is 0 Å². The van der Waals surface area contributed by atoms with Crippen molar-refractivity contribution in [1.29, 1.82) is 0 Å².